The summed E-state index contributed by atoms with van der Waals surface area (Å²) in [4.78, 5) is 16.9. The number of nitrogens with zero attached hydrogens (tertiary/aromatic N) is 2. The minimum Gasteiger partial charge on any atom is -0.352 e. The highest BCUT2D eigenvalue weighted by atomic mass is 19.4. The summed E-state index contributed by atoms with van der Waals surface area (Å²) in [6.45, 7) is 4.25. The average molecular weight is 405 g/mol. The van der Waals surface area contributed by atoms with Gasteiger partial charge in [0.15, 0.2) is 0 Å². The molecule has 0 saturated carbocycles. The summed E-state index contributed by atoms with van der Waals surface area (Å²) in [5, 5.41) is 2.80. The van der Waals surface area contributed by atoms with Crippen molar-refractivity contribution >= 4 is 5.91 Å². The standard InChI is InChI=1S/C22H26F3N3O/c1-27-14-15-28(20(16-27)17-6-3-2-4-7-17)13-5-12-26-21(29)18-8-10-19(11-9-18)22(23,24)25/h2-4,6-11,20H,5,12-16H2,1H3,(H,26,29). The van der Waals surface area contributed by atoms with Crippen molar-refractivity contribution in [3.05, 3.63) is 71.3 Å². The number of benzene rings is 2. The Balaban J connectivity index is 1.49. The van der Waals surface area contributed by atoms with Gasteiger partial charge in [0.25, 0.3) is 5.91 Å². The number of halogens is 3. The molecule has 1 amide bonds. The van der Waals surface area contributed by atoms with E-state index in [-0.39, 0.29) is 11.5 Å². The summed E-state index contributed by atoms with van der Waals surface area (Å²) in [5.74, 6) is -0.350. The topological polar surface area (TPSA) is 35.6 Å². The zero-order valence-corrected chi connectivity index (χ0v) is 16.5. The maximum Gasteiger partial charge on any atom is 0.416 e. The summed E-state index contributed by atoms with van der Waals surface area (Å²) >= 11 is 0. The first-order chi connectivity index (χ1) is 13.8. The van der Waals surface area contributed by atoms with Crippen LogP contribution in [0.2, 0.25) is 0 Å². The summed E-state index contributed by atoms with van der Waals surface area (Å²) < 4.78 is 37.8. The van der Waals surface area contributed by atoms with Gasteiger partial charge in [-0.1, -0.05) is 30.3 Å². The van der Waals surface area contributed by atoms with E-state index in [9.17, 15) is 18.0 Å². The Labute approximate surface area is 169 Å². The Kier molecular flexibility index (Phi) is 6.92. The first-order valence-electron chi connectivity index (χ1n) is 9.77. The molecule has 1 atom stereocenters. The van der Waals surface area contributed by atoms with E-state index in [0.717, 1.165) is 44.7 Å². The van der Waals surface area contributed by atoms with Crippen molar-refractivity contribution in [2.45, 2.75) is 18.6 Å². The van der Waals surface area contributed by atoms with Crippen LogP contribution in [-0.4, -0.2) is 55.5 Å². The molecule has 156 valence electrons. The maximum atomic E-state index is 12.6. The largest absolute Gasteiger partial charge is 0.416 e. The van der Waals surface area contributed by atoms with Crippen molar-refractivity contribution in [3.63, 3.8) is 0 Å². The monoisotopic (exact) mass is 405 g/mol. The number of nitrogens with one attached hydrogen (secondary N) is 1. The number of likely N-dealkylation sites (N-methyl/N-ethyl adjacent to an activating group) is 1. The lowest BCUT2D eigenvalue weighted by atomic mass is 10.0. The normalized spacial score (nSPS) is 18.6. The van der Waals surface area contributed by atoms with Crippen LogP contribution in [0.1, 0.15) is 33.9 Å². The lowest BCUT2D eigenvalue weighted by Gasteiger charge is -2.40. The second-order valence-electron chi connectivity index (χ2n) is 7.41. The molecule has 2 aromatic carbocycles. The van der Waals surface area contributed by atoms with Crippen LogP contribution in [0.5, 0.6) is 0 Å². The number of amides is 1. The molecule has 0 spiro atoms. The molecular weight excluding hydrogens is 379 g/mol. The Morgan fingerprint density at radius 3 is 2.41 bits per heavy atom. The van der Waals surface area contributed by atoms with Crippen LogP contribution < -0.4 is 5.32 Å². The van der Waals surface area contributed by atoms with Gasteiger partial charge in [0.1, 0.15) is 0 Å². The number of carbonyl (C=O) groups excluding carboxylic acids is 1. The van der Waals surface area contributed by atoms with Gasteiger partial charge in [-0.15, -0.1) is 0 Å². The van der Waals surface area contributed by atoms with E-state index in [4.69, 9.17) is 0 Å². The van der Waals surface area contributed by atoms with Gasteiger partial charge in [-0.25, -0.2) is 0 Å². The van der Waals surface area contributed by atoms with Gasteiger partial charge >= 0.3 is 6.18 Å². The number of rotatable bonds is 6. The molecule has 0 bridgehead atoms. The Bertz CT molecular complexity index is 793. The van der Waals surface area contributed by atoms with Gasteiger partial charge < -0.3 is 10.2 Å². The van der Waals surface area contributed by atoms with Crippen LogP contribution in [0.15, 0.2) is 54.6 Å². The van der Waals surface area contributed by atoms with E-state index in [0.29, 0.717) is 12.6 Å². The smallest absolute Gasteiger partial charge is 0.352 e. The third-order valence-corrected chi connectivity index (χ3v) is 5.26. The van der Waals surface area contributed by atoms with Crippen molar-refractivity contribution < 1.29 is 18.0 Å². The van der Waals surface area contributed by atoms with Crippen LogP contribution in [0.3, 0.4) is 0 Å². The van der Waals surface area contributed by atoms with Crippen LogP contribution >= 0.6 is 0 Å². The van der Waals surface area contributed by atoms with E-state index in [2.05, 4.69) is 34.3 Å². The van der Waals surface area contributed by atoms with Crippen LogP contribution in [-0.2, 0) is 6.18 Å². The fraction of sp³-hybridized carbons (Fsp3) is 0.409. The number of hydrogen-bond donors (Lipinski definition) is 1. The molecule has 1 fully saturated rings. The molecule has 4 nitrogen and oxygen atoms in total. The number of piperazine rings is 1. The van der Waals surface area contributed by atoms with Gasteiger partial charge in [-0.2, -0.15) is 13.2 Å². The molecule has 0 aliphatic carbocycles. The predicted molar refractivity (Wildman–Crippen MR) is 107 cm³/mol. The van der Waals surface area contributed by atoms with Crippen LogP contribution in [0.25, 0.3) is 0 Å². The summed E-state index contributed by atoms with van der Waals surface area (Å²) in [5.41, 5.74) is 0.767. The molecule has 1 aliphatic heterocycles. The third kappa shape index (κ3) is 5.81. The Hall–Kier alpha value is -2.38. The van der Waals surface area contributed by atoms with E-state index in [1.807, 2.05) is 18.2 Å². The van der Waals surface area contributed by atoms with Crippen LogP contribution in [0.4, 0.5) is 13.2 Å². The first kappa shape index (κ1) is 21.3. The zero-order valence-electron chi connectivity index (χ0n) is 16.5. The highest BCUT2D eigenvalue weighted by molar-refractivity contribution is 5.94. The van der Waals surface area contributed by atoms with E-state index in [1.54, 1.807) is 0 Å². The fourth-order valence-electron chi connectivity index (χ4n) is 3.61. The highest BCUT2D eigenvalue weighted by Crippen LogP contribution is 2.29. The van der Waals surface area contributed by atoms with Crippen molar-refractivity contribution in [1.29, 1.82) is 0 Å². The third-order valence-electron chi connectivity index (χ3n) is 5.26. The Morgan fingerprint density at radius 2 is 1.76 bits per heavy atom. The molecule has 1 aliphatic rings. The van der Waals surface area contributed by atoms with Crippen LogP contribution in [0, 0.1) is 0 Å². The van der Waals surface area contributed by atoms with Gasteiger partial charge in [0, 0.05) is 44.3 Å². The predicted octanol–water partition coefficient (Wildman–Crippen LogP) is 3.81. The molecule has 2 aromatic rings. The Morgan fingerprint density at radius 1 is 1.07 bits per heavy atom. The minimum absolute atomic E-state index is 0.236. The molecular formula is C22H26F3N3O. The van der Waals surface area contributed by atoms with Crippen molar-refractivity contribution in [3.8, 4) is 0 Å². The van der Waals surface area contributed by atoms with E-state index >= 15 is 0 Å². The zero-order chi connectivity index (χ0) is 20.9. The quantitative estimate of drug-likeness (QED) is 0.743. The number of hydrogen-bond acceptors (Lipinski definition) is 3. The molecule has 0 aromatic heterocycles. The maximum absolute atomic E-state index is 12.6. The molecule has 0 radical (unpaired) electrons. The molecule has 29 heavy (non-hydrogen) atoms. The second-order valence-corrected chi connectivity index (χ2v) is 7.41. The second kappa shape index (κ2) is 9.41. The summed E-state index contributed by atoms with van der Waals surface area (Å²) in [6.07, 6.45) is -3.62. The lowest BCUT2D eigenvalue weighted by molar-refractivity contribution is -0.137. The SMILES string of the molecule is CN1CCN(CCCNC(=O)c2ccc(C(F)(F)F)cc2)C(c2ccccc2)C1. The number of carbonyl (C=O) groups is 1. The average Bonchev–Trinajstić information content (AvgIpc) is 2.72. The fourth-order valence-corrected chi connectivity index (χ4v) is 3.61. The minimum atomic E-state index is -4.40. The summed E-state index contributed by atoms with van der Waals surface area (Å²) in [7, 11) is 2.12. The molecule has 1 N–H and O–H groups in total. The van der Waals surface area contributed by atoms with E-state index < -0.39 is 11.7 Å². The summed E-state index contributed by atoms with van der Waals surface area (Å²) in [6, 6.07) is 15.0. The highest BCUT2D eigenvalue weighted by Gasteiger charge is 2.30. The lowest BCUT2D eigenvalue weighted by Crippen LogP contribution is -2.47. The van der Waals surface area contributed by atoms with Crippen molar-refractivity contribution in [1.82, 2.24) is 15.1 Å². The molecule has 1 saturated heterocycles. The molecule has 7 heteroatoms. The van der Waals surface area contributed by atoms with Crippen molar-refractivity contribution in [2.24, 2.45) is 0 Å². The first-order valence-corrected chi connectivity index (χ1v) is 9.77. The van der Waals surface area contributed by atoms with Gasteiger partial charge in [0.05, 0.1) is 5.56 Å². The van der Waals surface area contributed by atoms with E-state index in [1.165, 1.54) is 17.7 Å². The molecule has 3 rings (SSSR count). The molecule has 1 unspecified atom stereocenters. The number of alkyl halides is 3. The van der Waals surface area contributed by atoms with Gasteiger partial charge in [0.2, 0.25) is 0 Å². The van der Waals surface area contributed by atoms with Crippen molar-refractivity contribution in [2.75, 3.05) is 39.8 Å². The van der Waals surface area contributed by atoms with Gasteiger partial charge in [-0.05, 0) is 43.3 Å². The molecule has 1 heterocycles. The van der Waals surface area contributed by atoms with Gasteiger partial charge in [-0.3, -0.25) is 9.69 Å².